The van der Waals surface area contributed by atoms with Gasteiger partial charge in [0, 0.05) is 41.5 Å². The van der Waals surface area contributed by atoms with Gasteiger partial charge >= 0.3 is 0 Å². The minimum absolute atomic E-state index is 0.114. The summed E-state index contributed by atoms with van der Waals surface area (Å²) in [5.41, 5.74) is 0.459. The van der Waals surface area contributed by atoms with E-state index in [1.54, 1.807) is 0 Å². The lowest BCUT2D eigenvalue weighted by Crippen LogP contribution is -2.15. The van der Waals surface area contributed by atoms with Crippen molar-refractivity contribution in [3.8, 4) is 22.8 Å². The first-order valence-corrected chi connectivity index (χ1v) is 10.8. The number of ether oxygens (including phenoxy) is 1. The lowest BCUT2D eigenvalue weighted by Gasteiger charge is -2.13. The number of hydrogen-bond acceptors (Lipinski definition) is 7. The second kappa shape index (κ2) is 8.17. The Balaban J connectivity index is 1.71. The minimum Gasteiger partial charge on any atom is -0.453 e. The van der Waals surface area contributed by atoms with Crippen molar-refractivity contribution in [3.63, 3.8) is 0 Å². The largest absolute Gasteiger partial charge is 0.453 e. The van der Waals surface area contributed by atoms with Crippen molar-refractivity contribution in [2.45, 2.75) is 4.90 Å². The molecule has 2 heterocycles. The molecule has 4 rings (SSSR count). The molecule has 160 valence electrons. The fraction of sp³-hybridized carbons (Fsp3) is 0. The Morgan fingerprint density at radius 3 is 2.55 bits per heavy atom. The second-order valence-electron chi connectivity index (χ2n) is 5.90. The Bertz CT molecular complexity index is 1350. The SMILES string of the molecule is O=S(=O)(Nc1ncns1)c1cc(F)c(Oc2cc(Cl)c(F)cc2-c2ccn[nH]2)cc1F. The highest BCUT2D eigenvalue weighted by Gasteiger charge is 2.24. The number of nitrogens with zero attached hydrogens (tertiary/aromatic N) is 3. The number of benzene rings is 2. The summed E-state index contributed by atoms with van der Waals surface area (Å²) < 4.78 is 78.9. The highest BCUT2D eigenvalue weighted by molar-refractivity contribution is 7.93. The third-order valence-electron chi connectivity index (χ3n) is 3.89. The van der Waals surface area contributed by atoms with Crippen LogP contribution in [0.15, 0.2) is 47.8 Å². The molecule has 2 N–H and O–H groups in total. The van der Waals surface area contributed by atoms with E-state index in [4.69, 9.17) is 16.3 Å². The molecule has 0 fully saturated rings. The van der Waals surface area contributed by atoms with Crippen LogP contribution in [0.2, 0.25) is 5.02 Å². The van der Waals surface area contributed by atoms with E-state index in [1.807, 2.05) is 4.72 Å². The van der Waals surface area contributed by atoms with Crippen molar-refractivity contribution in [2.75, 3.05) is 4.72 Å². The molecule has 8 nitrogen and oxygen atoms in total. The zero-order valence-corrected chi connectivity index (χ0v) is 17.3. The lowest BCUT2D eigenvalue weighted by molar-refractivity contribution is 0.432. The molecule has 4 aromatic rings. The summed E-state index contributed by atoms with van der Waals surface area (Å²) in [5, 5.41) is 5.90. The van der Waals surface area contributed by atoms with Crippen molar-refractivity contribution in [1.29, 1.82) is 0 Å². The quantitative estimate of drug-likeness (QED) is 0.411. The van der Waals surface area contributed by atoms with Crippen molar-refractivity contribution in [3.05, 3.63) is 65.3 Å². The number of H-pyrrole nitrogens is 1. The fourth-order valence-corrected chi connectivity index (χ4v) is 4.42. The Hall–Kier alpha value is -3.16. The molecule has 2 aromatic heterocycles. The minimum atomic E-state index is -4.48. The molecule has 0 aliphatic carbocycles. The van der Waals surface area contributed by atoms with E-state index in [0.29, 0.717) is 17.8 Å². The molecule has 0 radical (unpaired) electrons. The highest BCUT2D eigenvalue weighted by atomic mass is 35.5. The topological polar surface area (TPSA) is 110 Å². The van der Waals surface area contributed by atoms with Gasteiger partial charge in [0.05, 0.1) is 10.7 Å². The van der Waals surface area contributed by atoms with Crippen LogP contribution >= 0.6 is 23.1 Å². The van der Waals surface area contributed by atoms with Crippen molar-refractivity contribution in [2.24, 2.45) is 0 Å². The van der Waals surface area contributed by atoms with E-state index in [-0.39, 0.29) is 21.5 Å². The van der Waals surface area contributed by atoms with Gasteiger partial charge < -0.3 is 4.74 Å². The fourth-order valence-electron chi connectivity index (χ4n) is 2.53. The molecule has 0 saturated heterocycles. The number of aromatic nitrogens is 4. The first-order chi connectivity index (χ1) is 14.7. The maximum Gasteiger partial charge on any atom is 0.266 e. The average Bonchev–Trinajstić information content (AvgIpc) is 3.41. The van der Waals surface area contributed by atoms with Crippen LogP contribution in [0.4, 0.5) is 18.3 Å². The Kier molecular flexibility index (Phi) is 5.56. The van der Waals surface area contributed by atoms with Crippen LogP contribution in [0.25, 0.3) is 11.3 Å². The third-order valence-corrected chi connectivity index (χ3v) is 6.25. The van der Waals surface area contributed by atoms with Crippen molar-refractivity contribution >= 4 is 38.3 Å². The molecular formula is C17H9ClF3N5O3S2. The summed E-state index contributed by atoms with van der Waals surface area (Å²) in [7, 11) is -4.48. The monoisotopic (exact) mass is 487 g/mol. The van der Waals surface area contributed by atoms with E-state index in [0.717, 1.165) is 30.0 Å². The number of hydrogen-bond donors (Lipinski definition) is 2. The van der Waals surface area contributed by atoms with E-state index < -0.39 is 38.1 Å². The highest BCUT2D eigenvalue weighted by Crippen LogP contribution is 2.38. The zero-order valence-electron chi connectivity index (χ0n) is 14.9. The molecule has 0 atom stereocenters. The summed E-state index contributed by atoms with van der Waals surface area (Å²) >= 11 is 6.51. The summed E-state index contributed by atoms with van der Waals surface area (Å²) in [5.74, 6) is -4.00. The van der Waals surface area contributed by atoms with Gasteiger partial charge in [0.2, 0.25) is 5.13 Å². The molecule has 14 heteroatoms. The number of halogens is 4. The van der Waals surface area contributed by atoms with Gasteiger partial charge in [-0.3, -0.25) is 9.82 Å². The van der Waals surface area contributed by atoms with Crippen LogP contribution in [0, 0.1) is 17.5 Å². The van der Waals surface area contributed by atoms with Gasteiger partial charge in [-0.1, -0.05) is 11.6 Å². The molecule has 0 spiro atoms. The molecule has 0 aliphatic heterocycles. The summed E-state index contributed by atoms with van der Waals surface area (Å²) in [4.78, 5) is 2.67. The van der Waals surface area contributed by atoms with Crippen LogP contribution < -0.4 is 9.46 Å². The maximum atomic E-state index is 14.6. The molecule has 0 amide bonds. The Morgan fingerprint density at radius 2 is 1.87 bits per heavy atom. The molecule has 0 saturated carbocycles. The lowest BCUT2D eigenvalue weighted by atomic mass is 10.1. The van der Waals surface area contributed by atoms with E-state index in [1.165, 1.54) is 12.3 Å². The summed E-state index contributed by atoms with van der Waals surface area (Å²) in [6.07, 6.45) is 2.50. The standard InChI is InChI=1S/C17H9ClF3N5O3S2/c18-9-4-14(8(3-10(9)19)13-1-2-23-25-13)29-15-5-12(21)16(6-11(15)20)31(27,28)26-17-22-7-24-30-17/h1-7H,(H,23,25)(H,22,24,26). The first-order valence-electron chi connectivity index (χ1n) is 8.20. The second-order valence-corrected chi connectivity index (χ2v) is 8.74. The number of nitrogens with one attached hydrogen (secondary N) is 2. The zero-order chi connectivity index (χ0) is 22.2. The number of rotatable bonds is 6. The van der Waals surface area contributed by atoms with Crippen LogP contribution in [-0.2, 0) is 10.0 Å². The van der Waals surface area contributed by atoms with Gasteiger partial charge in [-0.05, 0) is 12.1 Å². The first kappa shape index (κ1) is 21.1. The average molecular weight is 488 g/mol. The van der Waals surface area contributed by atoms with E-state index in [2.05, 4.69) is 19.6 Å². The predicted octanol–water partition coefficient (Wildman–Crippen LogP) is 4.59. The maximum absolute atomic E-state index is 14.6. The van der Waals surface area contributed by atoms with Crippen LogP contribution in [0.3, 0.4) is 0 Å². The van der Waals surface area contributed by atoms with Crippen molar-refractivity contribution in [1.82, 2.24) is 19.6 Å². The molecule has 2 aromatic carbocycles. The molecule has 0 unspecified atom stereocenters. The van der Waals surface area contributed by atoms with Gasteiger partial charge in [-0.2, -0.15) is 9.47 Å². The van der Waals surface area contributed by atoms with Crippen LogP contribution in [0.5, 0.6) is 11.5 Å². The summed E-state index contributed by atoms with van der Waals surface area (Å²) in [6.45, 7) is 0. The normalized spacial score (nSPS) is 11.5. The third kappa shape index (κ3) is 4.33. The van der Waals surface area contributed by atoms with E-state index >= 15 is 0 Å². The summed E-state index contributed by atoms with van der Waals surface area (Å²) in [6, 6.07) is 4.62. The van der Waals surface area contributed by atoms with Gasteiger partial charge in [0.25, 0.3) is 10.0 Å². The van der Waals surface area contributed by atoms with Gasteiger partial charge in [-0.15, -0.1) is 0 Å². The number of sulfonamides is 1. The Morgan fingerprint density at radius 1 is 1.06 bits per heavy atom. The smallest absolute Gasteiger partial charge is 0.266 e. The van der Waals surface area contributed by atoms with Crippen LogP contribution in [0.1, 0.15) is 0 Å². The number of aromatic amines is 1. The van der Waals surface area contributed by atoms with Gasteiger partial charge in [0.15, 0.2) is 11.6 Å². The molecule has 0 bridgehead atoms. The molecule has 0 aliphatic rings. The van der Waals surface area contributed by atoms with Crippen molar-refractivity contribution < 1.29 is 26.3 Å². The molecule has 31 heavy (non-hydrogen) atoms. The number of anilines is 1. The Labute approximate surface area is 181 Å². The van der Waals surface area contributed by atoms with Gasteiger partial charge in [-0.25, -0.2) is 26.6 Å². The van der Waals surface area contributed by atoms with Crippen LogP contribution in [-0.4, -0.2) is 28.0 Å². The molecular weight excluding hydrogens is 479 g/mol. The van der Waals surface area contributed by atoms with Gasteiger partial charge in [0.1, 0.15) is 28.6 Å². The van der Waals surface area contributed by atoms with E-state index in [9.17, 15) is 21.6 Å². The predicted molar refractivity (Wildman–Crippen MR) is 106 cm³/mol.